The molecule has 0 spiro atoms. The SMILES string of the molecule is COC(=O)c1cnn(C(F)(F)F)c1C. The van der Waals surface area contributed by atoms with Crippen molar-refractivity contribution in [1.29, 1.82) is 0 Å². The van der Waals surface area contributed by atoms with Crippen LogP contribution < -0.4 is 0 Å². The normalized spacial score (nSPS) is 11.5. The van der Waals surface area contributed by atoms with Crippen LogP contribution in [-0.2, 0) is 11.0 Å². The number of ether oxygens (including phenoxy) is 1. The van der Waals surface area contributed by atoms with Gasteiger partial charge >= 0.3 is 12.3 Å². The van der Waals surface area contributed by atoms with Crippen LogP contribution in [0.2, 0.25) is 0 Å². The third-order valence-electron chi connectivity index (χ3n) is 1.66. The molecule has 0 aliphatic rings. The van der Waals surface area contributed by atoms with E-state index in [1.54, 1.807) is 0 Å². The zero-order valence-corrected chi connectivity index (χ0v) is 7.42. The summed E-state index contributed by atoms with van der Waals surface area (Å²) in [6, 6.07) is 0. The lowest BCUT2D eigenvalue weighted by atomic mass is 10.3. The van der Waals surface area contributed by atoms with E-state index in [0.29, 0.717) is 0 Å². The second-order valence-corrected chi connectivity index (χ2v) is 2.51. The number of hydrogen-bond acceptors (Lipinski definition) is 3. The Labute approximate surface area is 77.3 Å². The van der Waals surface area contributed by atoms with Crippen molar-refractivity contribution < 1.29 is 22.7 Å². The smallest absolute Gasteiger partial charge is 0.465 e. The van der Waals surface area contributed by atoms with Gasteiger partial charge in [-0.3, -0.25) is 0 Å². The van der Waals surface area contributed by atoms with Crippen LogP contribution in [0.25, 0.3) is 0 Å². The Morgan fingerprint density at radius 2 is 2.14 bits per heavy atom. The van der Waals surface area contributed by atoms with Crippen molar-refractivity contribution in [1.82, 2.24) is 9.78 Å². The summed E-state index contributed by atoms with van der Waals surface area (Å²) in [4.78, 5) is 10.9. The minimum atomic E-state index is -4.61. The van der Waals surface area contributed by atoms with Gasteiger partial charge in [-0.25, -0.2) is 4.79 Å². The number of aromatic nitrogens is 2. The molecule has 1 heterocycles. The summed E-state index contributed by atoms with van der Waals surface area (Å²) in [6.07, 6.45) is -3.79. The molecule has 0 bridgehead atoms. The first-order chi connectivity index (χ1) is 6.38. The van der Waals surface area contributed by atoms with E-state index < -0.39 is 12.3 Å². The van der Waals surface area contributed by atoms with Gasteiger partial charge in [-0.1, -0.05) is 0 Å². The van der Waals surface area contributed by atoms with Crippen LogP contribution >= 0.6 is 0 Å². The van der Waals surface area contributed by atoms with Crippen LogP contribution in [-0.4, -0.2) is 22.9 Å². The highest BCUT2D eigenvalue weighted by Gasteiger charge is 2.35. The zero-order chi connectivity index (χ0) is 10.9. The molecule has 0 fully saturated rings. The number of rotatable bonds is 1. The fourth-order valence-corrected chi connectivity index (χ4v) is 0.976. The predicted molar refractivity (Wildman–Crippen MR) is 39.6 cm³/mol. The molecule has 0 atom stereocenters. The first-order valence-corrected chi connectivity index (χ1v) is 3.58. The molecular formula is C7H7F3N2O2. The summed E-state index contributed by atoms with van der Waals surface area (Å²) < 4.78 is 40.6. The molecule has 1 aromatic rings. The molecule has 4 nitrogen and oxygen atoms in total. The summed E-state index contributed by atoms with van der Waals surface area (Å²) in [5, 5.41) is 3.05. The molecule has 0 aromatic carbocycles. The van der Waals surface area contributed by atoms with E-state index in [1.165, 1.54) is 0 Å². The largest absolute Gasteiger partial charge is 0.504 e. The second-order valence-electron chi connectivity index (χ2n) is 2.51. The molecule has 0 amide bonds. The Balaban J connectivity index is 3.15. The van der Waals surface area contributed by atoms with Gasteiger partial charge in [0, 0.05) is 0 Å². The summed E-state index contributed by atoms with van der Waals surface area (Å²) in [5.41, 5.74) is -0.478. The third kappa shape index (κ3) is 1.70. The van der Waals surface area contributed by atoms with Crippen molar-refractivity contribution >= 4 is 5.97 Å². The van der Waals surface area contributed by atoms with Crippen LogP contribution in [0.3, 0.4) is 0 Å². The summed E-state index contributed by atoms with van der Waals surface area (Å²) in [5.74, 6) is -0.835. The van der Waals surface area contributed by atoms with E-state index in [0.717, 1.165) is 20.2 Å². The van der Waals surface area contributed by atoms with E-state index >= 15 is 0 Å². The van der Waals surface area contributed by atoms with Gasteiger partial charge in [0.2, 0.25) is 0 Å². The topological polar surface area (TPSA) is 44.1 Å². The quantitative estimate of drug-likeness (QED) is 0.656. The Bertz CT molecular complexity index is 356. The molecule has 78 valence electrons. The standard InChI is InChI=1S/C7H7F3N2O2/c1-4-5(6(13)14-2)3-11-12(4)7(8,9)10/h3H,1-2H3. The van der Waals surface area contributed by atoms with E-state index in [1.807, 2.05) is 0 Å². The lowest BCUT2D eigenvalue weighted by Crippen LogP contribution is -2.20. The highest BCUT2D eigenvalue weighted by atomic mass is 19.4. The van der Waals surface area contributed by atoms with E-state index in [-0.39, 0.29) is 15.9 Å². The molecule has 0 saturated carbocycles. The number of esters is 1. The fraction of sp³-hybridized carbons (Fsp3) is 0.429. The van der Waals surface area contributed by atoms with Gasteiger partial charge < -0.3 is 4.74 Å². The molecule has 1 aromatic heterocycles. The fourth-order valence-electron chi connectivity index (χ4n) is 0.976. The summed E-state index contributed by atoms with van der Waals surface area (Å²) in [6.45, 7) is 1.15. The predicted octanol–water partition coefficient (Wildman–Crippen LogP) is 1.45. The van der Waals surface area contributed by atoms with Crippen LogP contribution in [0.15, 0.2) is 6.20 Å². The van der Waals surface area contributed by atoms with Gasteiger partial charge in [0.25, 0.3) is 0 Å². The van der Waals surface area contributed by atoms with Crippen molar-refractivity contribution in [2.75, 3.05) is 7.11 Å². The Hall–Kier alpha value is -1.53. The van der Waals surface area contributed by atoms with Gasteiger partial charge in [-0.15, -0.1) is 13.2 Å². The summed E-state index contributed by atoms with van der Waals surface area (Å²) >= 11 is 0. The number of carbonyl (C=O) groups is 1. The average Bonchev–Trinajstić information content (AvgIpc) is 2.45. The summed E-state index contributed by atoms with van der Waals surface area (Å²) in [7, 11) is 1.09. The van der Waals surface area contributed by atoms with Gasteiger partial charge in [-0.05, 0) is 6.92 Å². The second kappa shape index (κ2) is 3.32. The number of hydrogen-bond donors (Lipinski definition) is 0. The van der Waals surface area contributed by atoms with Crippen molar-refractivity contribution in [2.45, 2.75) is 13.2 Å². The molecule has 0 unspecified atom stereocenters. The van der Waals surface area contributed by atoms with Gasteiger partial charge in [0.05, 0.1) is 19.0 Å². The first kappa shape index (κ1) is 10.6. The maximum Gasteiger partial charge on any atom is 0.504 e. The molecule has 0 N–H and O–H groups in total. The molecule has 0 aliphatic carbocycles. The molecule has 0 aliphatic heterocycles. The van der Waals surface area contributed by atoms with Crippen LogP contribution in [0.1, 0.15) is 16.1 Å². The first-order valence-electron chi connectivity index (χ1n) is 3.58. The average molecular weight is 208 g/mol. The molecule has 7 heteroatoms. The van der Waals surface area contributed by atoms with Crippen molar-refractivity contribution in [3.8, 4) is 0 Å². The molecule has 0 saturated heterocycles. The van der Waals surface area contributed by atoms with Gasteiger partial charge in [-0.2, -0.15) is 9.78 Å². The highest BCUT2D eigenvalue weighted by Crippen LogP contribution is 2.24. The number of halogens is 3. The third-order valence-corrected chi connectivity index (χ3v) is 1.66. The lowest BCUT2D eigenvalue weighted by molar-refractivity contribution is -0.213. The van der Waals surface area contributed by atoms with Crippen molar-refractivity contribution in [3.63, 3.8) is 0 Å². The molecular weight excluding hydrogens is 201 g/mol. The van der Waals surface area contributed by atoms with Gasteiger partial charge in [0.15, 0.2) is 0 Å². The van der Waals surface area contributed by atoms with E-state index in [2.05, 4.69) is 9.84 Å². The minimum Gasteiger partial charge on any atom is -0.465 e. The monoisotopic (exact) mass is 208 g/mol. The van der Waals surface area contributed by atoms with Crippen LogP contribution in [0, 0.1) is 6.92 Å². The Kier molecular flexibility index (Phi) is 2.50. The highest BCUT2D eigenvalue weighted by molar-refractivity contribution is 5.90. The maximum absolute atomic E-state index is 12.2. The van der Waals surface area contributed by atoms with Crippen LogP contribution in [0.5, 0.6) is 0 Å². The van der Waals surface area contributed by atoms with Crippen molar-refractivity contribution in [2.24, 2.45) is 0 Å². The maximum atomic E-state index is 12.2. The number of methoxy groups -OCH3 is 1. The zero-order valence-electron chi connectivity index (χ0n) is 7.42. The van der Waals surface area contributed by atoms with Crippen molar-refractivity contribution in [3.05, 3.63) is 17.5 Å². The number of carbonyl (C=O) groups excluding carboxylic acids is 1. The molecule has 14 heavy (non-hydrogen) atoms. The number of alkyl halides is 3. The number of nitrogens with zero attached hydrogens (tertiary/aromatic N) is 2. The lowest BCUT2D eigenvalue weighted by Gasteiger charge is -2.07. The minimum absolute atomic E-state index is 0.181. The van der Waals surface area contributed by atoms with Crippen LogP contribution in [0.4, 0.5) is 13.2 Å². The van der Waals surface area contributed by atoms with E-state index in [9.17, 15) is 18.0 Å². The van der Waals surface area contributed by atoms with Gasteiger partial charge in [0.1, 0.15) is 5.56 Å². The molecule has 0 radical (unpaired) electrons. The molecule has 1 rings (SSSR count). The van der Waals surface area contributed by atoms with E-state index in [4.69, 9.17) is 0 Å². The Morgan fingerprint density at radius 3 is 2.50 bits per heavy atom. The Morgan fingerprint density at radius 1 is 1.57 bits per heavy atom.